The third-order valence-electron chi connectivity index (χ3n) is 3.99. The highest BCUT2D eigenvalue weighted by atomic mass is 35.5. The van der Waals surface area contributed by atoms with Crippen LogP contribution in [0.15, 0.2) is 24.3 Å². The predicted molar refractivity (Wildman–Crippen MR) is 92.0 cm³/mol. The summed E-state index contributed by atoms with van der Waals surface area (Å²) in [7, 11) is 0. The van der Waals surface area contributed by atoms with E-state index in [4.69, 9.17) is 11.6 Å². The summed E-state index contributed by atoms with van der Waals surface area (Å²) in [5.41, 5.74) is 1.53. The molecule has 6 heteroatoms. The third-order valence-corrected chi connectivity index (χ3v) is 4.28. The quantitative estimate of drug-likeness (QED) is 0.820. The fourth-order valence-electron chi connectivity index (χ4n) is 2.86. The van der Waals surface area contributed by atoms with Crippen LogP contribution in [0.4, 0.5) is 21.8 Å². The van der Waals surface area contributed by atoms with E-state index >= 15 is 0 Å². The molecule has 4 nitrogen and oxygen atoms in total. The van der Waals surface area contributed by atoms with Gasteiger partial charge in [-0.2, -0.15) is 4.98 Å². The van der Waals surface area contributed by atoms with Crippen molar-refractivity contribution in [2.24, 2.45) is 0 Å². The van der Waals surface area contributed by atoms with Crippen LogP contribution in [0.5, 0.6) is 0 Å². The second kappa shape index (κ2) is 7.13. The lowest BCUT2D eigenvalue weighted by molar-refractivity contribution is 0.462. The molecule has 1 aliphatic carbocycles. The number of aryl methyl sites for hydroxylation is 1. The Labute approximate surface area is 140 Å². The molecule has 1 aliphatic rings. The van der Waals surface area contributed by atoms with Gasteiger partial charge in [-0.25, -0.2) is 9.37 Å². The Bertz CT molecular complexity index is 686. The second-order valence-electron chi connectivity index (χ2n) is 5.95. The van der Waals surface area contributed by atoms with Crippen molar-refractivity contribution in [2.75, 3.05) is 10.6 Å². The van der Waals surface area contributed by atoms with E-state index in [1.165, 1.54) is 44.2 Å². The topological polar surface area (TPSA) is 49.8 Å². The Morgan fingerprint density at radius 3 is 2.65 bits per heavy atom. The molecule has 0 bridgehead atoms. The van der Waals surface area contributed by atoms with Gasteiger partial charge in [0.1, 0.15) is 11.6 Å². The minimum atomic E-state index is -0.443. The van der Waals surface area contributed by atoms with Gasteiger partial charge >= 0.3 is 0 Å². The van der Waals surface area contributed by atoms with E-state index < -0.39 is 5.82 Å². The van der Waals surface area contributed by atoms with E-state index in [9.17, 15) is 4.39 Å². The Kier molecular flexibility index (Phi) is 4.96. The average Bonchev–Trinajstić information content (AvgIpc) is 2.51. The van der Waals surface area contributed by atoms with Gasteiger partial charge in [0.25, 0.3) is 0 Å². The van der Waals surface area contributed by atoms with Crippen molar-refractivity contribution in [1.29, 1.82) is 0 Å². The molecule has 0 saturated heterocycles. The van der Waals surface area contributed by atoms with Crippen molar-refractivity contribution < 1.29 is 4.39 Å². The zero-order valence-corrected chi connectivity index (χ0v) is 13.8. The molecule has 0 unspecified atom stereocenters. The van der Waals surface area contributed by atoms with Gasteiger partial charge in [0.2, 0.25) is 5.95 Å². The first kappa shape index (κ1) is 16.0. The highest BCUT2D eigenvalue weighted by Gasteiger charge is 2.14. The first-order chi connectivity index (χ1) is 11.1. The Balaban J connectivity index is 1.75. The van der Waals surface area contributed by atoms with E-state index in [2.05, 4.69) is 20.6 Å². The maximum Gasteiger partial charge on any atom is 0.229 e. The summed E-state index contributed by atoms with van der Waals surface area (Å²) < 4.78 is 13.2. The monoisotopic (exact) mass is 334 g/mol. The summed E-state index contributed by atoms with van der Waals surface area (Å²) in [5.74, 6) is 0.855. The van der Waals surface area contributed by atoms with E-state index in [-0.39, 0.29) is 5.02 Å². The zero-order chi connectivity index (χ0) is 16.2. The number of rotatable bonds is 4. The minimum Gasteiger partial charge on any atom is -0.367 e. The Morgan fingerprint density at radius 1 is 1.13 bits per heavy atom. The van der Waals surface area contributed by atoms with Gasteiger partial charge in [0.15, 0.2) is 0 Å². The molecule has 0 amide bonds. The highest BCUT2D eigenvalue weighted by Crippen LogP contribution is 2.24. The number of hydrogen-bond donors (Lipinski definition) is 2. The smallest absolute Gasteiger partial charge is 0.229 e. The Hall–Kier alpha value is -1.88. The lowest BCUT2D eigenvalue weighted by Crippen LogP contribution is -2.23. The lowest BCUT2D eigenvalue weighted by atomic mass is 9.95. The fourth-order valence-corrected chi connectivity index (χ4v) is 3.04. The van der Waals surface area contributed by atoms with Crippen molar-refractivity contribution >= 4 is 29.1 Å². The number of halogens is 2. The number of anilines is 3. The zero-order valence-electron chi connectivity index (χ0n) is 13.1. The Morgan fingerprint density at radius 2 is 1.91 bits per heavy atom. The van der Waals surface area contributed by atoms with Gasteiger partial charge in [-0.1, -0.05) is 30.9 Å². The molecule has 1 aromatic carbocycles. The van der Waals surface area contributed by atoms with Gasteiger partial charge in [-0.15, -0.1) is 0 Å². The molecule has 1 fully saturated rings. The fraction of sp³-hybridized carbons (Fsp3) is 0.412. The standard InChI is InChI=1S/C17H20ClFN4/c1-11-9-16(21-12-5-3-2-4-6-12)23-17(20-11)22-13-7-8-15(19)14(18)10-13/h7-10,12H,2-6H2,1H3,(H2,20,21,22,23). The first-order valence-electron chi connectivity index (χ1n) is 7.94. The van der Waals surface area contributed by atoms with Crippen LogP contribution in [0.3, 0.4) is 0 Å². The number of hydrogen-bond acceptors (Lipinski definition) is 4. The lowest BCUT2D eigenvalue weighted by Gasteiger charge is -2.23. The number of aromatic nitrogens is 2. The highest BCUT2D eigenvalue weighted by molar-refractivity contribution is 6.31. The molecule has 2 N–H and O–H groups in total. The summed E-state index contributed by atoms with van der Waals surface area (Å²) in [6, 6.07) is 6.88. The molecule has 0 radical (unpaired) electrons. The number of nitrogens with zero attached hydrogens (tertiary/aromatic N) is 2. The molecule has 1 aromatic heterocycles. The maximum absolute atomic E-state index is 13.2. The summed E-state index contributed by atoms with van der Waals surface area (Å²) >= 11 is 5.80. The summed E-state index contributed by atoms with van der Waals surface area (Å²) in [4.78, 5) is 8.88. The van der Waals surface area contributed by atoms with Gasteiger partial charge in [-0.05, 0) is 38.0 Å². The SMILES string of the molecule is Cc1cc(NC2CCCCC2)nc(Nc2ccc(F)c(Cl)c2)n1. The average molecular weight is 335 g/mol. The van der Waals surface area contributed by atoms with Crippen molar-refractivity contribution in [3.05, 3.63) is 40.8 Å². The van der Waals surface area contributed by atoms with Gasteiger partial charge in [0.05, 0.1) is 5.02 Å². The summed E-state index contributed by atoms with van der Waals surface area (Å²) in [5, 5.41) is 6.64. The summed E-state index contributed by atoms with van der Waals surface area (Å²) in [6.07, 6.45) is 6.21. The van der Waals surface area contributed by atoms with Crippen LogP contribution in [0.2, 0.25) is 5.02 Å². The number of benzene rings is 1. The molecule has 1 heterocycles. The molecule has 0 atom stereocenters. The van der Waals surface area contributed by atoms with Crippen LogP contribution < -0.4 is 10.6 Å². The minimum absolute atomic E-state index is 0.0724. The predicted octanol–water partition coefficient (Wildman–Crippen LogP) is 5.07. The third kappa shape index (κ3) is 4.32. The van der Waals surface area contributed by atoms with E-state index in [1.54, 1.807) is 6.07 Å². The normalized spacial score (nSPS) is 15.4. The van der Waals surface area contributed by atoms with Crippen LogP contribution in [0.1, 0.15) is 37.8 Å². The second-order valence-corrected chi connectivity index (χ2v) is 6.36. The molecule has 3 rings (SSSR count). The van der Waals surface area contributed by atoms with Gasteiger partial charge in [0, 0.05) is 23.5 Å². The van der Waals surface area contributed by atoms with Crippen molar-refractivity contribution in [1.82, 2.24) is 9.97 Å². The van der Waals surface area contributed by atoms with Crippen LogP contribution in [0.25, 0.3) is 0 Å². The van der Waals surface area contributed by atoms with Gasteiger partial charge in [-0.3, -0.25) is 0 Å². The molecular formula is C17H20ClFN4. The first-order valence-corrected chi connectivity index (χ1v) is 8.32. The van der Waals surface area contributed by atoms with E-state index in [0.717, 1.165) is 11.5 Å². The molecule has 1 saturated carbocycles. The molecule has 23 heavy (non-hydrogen) atoms. The van der Waals surface area contributed by atoms with Crippen molar-refractivity contribution in [3.8, 4) is 0 Å². The largest absolute Gasteiger partial charge is 0.367 e. The van der Waals surface area contributed by atoms with Crippen molar-refractivity contribution in [3.63, 3.8) is 0 Å². The van der Waals surface area contributed by atoms with Crippen LogP contribution in [-0.2, 0) is 0 Å². The van der Waals surface area contributed by atoms with Crippen LogP contribution in [-0.4, -0.2) is 16.0 Å². The molecule has 122 valence electrons. The van der Waals surface area contributed by atoms with Crippen molar-refractivity contribution in [2.45, 2.75) is 45.1 Å². The molecule has 0 spiro atoms. The van der Waals surface area contributed by atoms with Crippen LogP contribution >= 0.6 is 11.6 Å². The molecular weight excluding hydrogens is 315 g/mol. The summed E-state index contributed by atoms with van der Waals surface area (Å²) in [6.45, 7) is 1.93. The molecule has 2 aromatic rings. The van der Waals surface area contributed by atoms with E-state index in [0.29, 0.717) is 17.7 Å². The number of nitrogens with one attached hydrogen (secondary N) is 2. The maximum atomic E-state index is 13.2. The molecule has 0 aliphatic heterocycles. The van der Waals surface area contributed by atoms with Gasteiger partial charge < -0.3 is 10.6 Å². The van der Waals surface area contributed by atoms with E-state index in [1.807, 2.05) is 13.0 Å². The van der Waals surface area contributed by atoms with Crippen LogP contribution in [0, 0.1) is 12.7 Å².